The second kappa shape index (κ2) is 8.90. The van der Waals surface area contributed by atoms with E-state index in [1.54, 1.807) is 52.0 Å². The second-order valence-electron chi connectivity index (χ2n) is 8.77. The Morgan fingerprint density at radius 2 is 1.82 bits per heavy atom. The first kappa shape index (κ1) is 24.9. The van der Waals surface area contributed by atoms with Gasteiger partial charge in [0.25, 0.3) is 5.60 Å². The van der Waals surface area contributed by atoms with Crippen molar-refractivity contribution >= 4 is 28.7 Å². The maximum absolute atomic E-state index is 14.3. The van der Waals surface area contributed by atoms with E-state index in [1.165, 1.54) is 24.5 Å². The third kappa shape index (κ3) is 5.44. The standard InChI is InChI=1S/C23H25F3N2O4S/c1-14-12-16(8-11-18(14)27-20(29)31-21(2,3)4)22(23(24,25)26)13-19(28-32-22)15-6-9-17(10-7-15)33(5)30/h6-12H,13H2,1-5H3,(H,27,29). The number of oxime groups is 1. The van der Waals surface area contributed by atoms with Crippen molar-refractivity contribution in [1.82, 2.24) is 0 Å². The van der Waals surface area contributed by atoms with E-state index >= 15 is 0 Å². The minimum absolute atomic E-state index is 0.132. The van der Waals surface area contributed by atoms with Gasteiger partial charge in [0.2, 0.25) is 0 Å². The van der Waals surface area contributed by atoms with Crippen molar-refractivity contribution < 1.29 is 32.1 Å². The number of hydrogen-bond donors (Lipinski definition) is 1. The van der Waals surface area contributed by atoms with E-state index < -0.39 is 41.1 Å². The molecule has 0 radical (unpaired) electrons. The Bertz CT molecular complexity index is 1060. The van der Waals surface area contributed by atoms with Crippen LogP contribution in [0.3, 0.4) is 0 Å². The summed E-state index contributed by atoms with van der Waals surface area (Å²) in [5.41, 5.74) is -2.18. The van der Waals surface area contributed by atoms with Gasteiger partial charge in [-0.25, -0.2) is 4.79 Å². The van der Waals surface area contributed by atoms with E-state index in [2.05, 4.69) is 10.5 Å². The average molecular weight is 483 g/mol. The number of amides is 1. The van der Waals surface area contributed by atoms with Crippen LogP contribution >= 0.6 is 0 Å². The molecule has 3 rings (SSSR count). The molecule has 0 bridgehead atoms. The molecule has 2 aromatic rings. The van der Waals surface area contributed by atoms with Crippen molar-refractivity contribution in [1.29, 1.82) is 0 Å². The van der Waals surface area contributed by atoms with Crippen LogP contribution in [0, 0.1) is 6.92 Å². The Kier molecular flexibility index (Phi) is 6.72. The lowest BCUT2D eigenvalue weighted by Gasteiger charge is -2.30. The minimum atomic E-state index is -4.75. The van der Waals surface area contributed by atoms with Crippen LogP contribution in [0.15, 0.2) is 52.5 Å². The number of halogens is 3. The Morgan fingerprint density at radius 1 is 1.18 bits per heavy atom. The van der Waals surface area contributed by atoms with Gasteiger partial charge in [-0.3, -0.25) is 5.32 Å². The van der Waals surface area contributed by atoms with Crippen molar-refractivity contribution in [3.8, 4) is 0 Å². The van der Waals surface area contributed by atoms with E-state index in [0.717, 1.165) is 0 Å². The Morgan fingerprint density at radius 3 is 2.33 bits per heavy atom. The lowest BCUT2D eigenvalue weighted by Crippen LogP contribution is -2.42. The molecule has 0 spiro atoms. The first-order valence-corrected chi connectivity index (χ1v) is 11.6. The number of alkyl halides is 3. The quantitative estimate of drug-likeness (QED) is 0.570. The topological polar surface area (TPSA) is 83.0 Å². The van der Waals surface area contributed by atoms with Gasteiger partial charge in [0.05, 0.1) is 5.71 Å². The van der Waals surface area contributed by atoms with Gasteiger partial charge in [0.1, 0.15) is 11.9 Å². The molecule has 0 aromatic heterocycles. The molecule has 178 valence electrons. The fraction of sp³-hybridized carbons (Fsp3) is 0.391. The predicted octanol–water partition coefficient (Wildman–Crippen LogP) is 5.66. The number of nitrogens with one attached hydrogen (secondary N) is 1. The van der Waals surface area contributed by atoms with Gasteiger partial charge in [-0.05, 0) is 86.4 Å². The van der Waals surface area contributed by atoms with Gasteiger partial charge in [0.15, 0.2) is 4.90 Å². The highest BCUT2D eigenvalue weighted by Crippen LogP contribution is 2.49. The number of carbonyl (C=O) groups is 1. The maximum Gasteiger partial charge on any atom is 0.435 e. The van der Waals surface area contributed by atoms with Crippen LogP contribution in [-0.2, 0) is 26.4 Å². The zero-order valence-corrected chi connectivity index (χ0v) is 19.7. The van der Waals surface area contributed by atoms with Crippen molar-refractivity contribution in [3.05, 3.63) is 59.2 Å². The summed E-state index contributed by atoms with van der Waals surface area (Å²) in [6.07, 6.45) is -4.47. The fourth-order valence-corrected chi connectivity index (χ4v) is 3.89. The van der Waals surface area contributed by atoms with Crippen LogP contribution in [0.1, 0.15) is 43.9 Å². The first-order valence-electron chi connectivity index (χ1n) is 10.1. The molecule has 0 saturated heterocycles. The van der Waals surface area contributed by atoms with Crippen molar-refractivity contribution in [2.45, 2.75) is 56.4 Å². The molecule has 0 fully saturated rings. The molecular formula is C23H25F3N2O4S. The summed E-state index contributed by atoms with van der Waals surface area (Å²) in [6.45, 7) is 6.71. The third-order valence-electron chi connectivity index (χ3n) is 5.03. The van der Waals surface area contributed by atoms with Crippen LogP contribution in [0.25, 0.3) is 0 Å². The normalized spacial score (nSPS) is 19.5. The largest absolute Gasteiger partial charge is 0.612 e. The van der Waals surface area contributed by atoms with Gasteiger partial charge >= 0.3 is 12.3 Å². The third-order valence-corrected chi connectivity index (χ3v) is 5.97. The SMILES string of the molecule is Cc1cc(C2(C(F)(F)F)CC(c3ccc([S+](C)[O-])cc3)=NO2)ccc1NC(=O)OC(C)(C)C. The molecule has 2 atom stereocenters. The molecule has 1 aliphatic heterocycles. The summed E-state index contributed by atoms with van der Waals surface area (Å²) in [7, 11) is 0. The zero-order valence-electron chi connectivity index (χ0n) is 18.9. The molecule has 0 aliphatic carbocycles. The van der Waals surface area contributed by atoms with Crippen LogP contribution in [-0.4, -0.2) is 34.4 Å². The van der Waals surface area contributed by atoms with Crippen molar-refractivity contribution in [3.63, 3.8) is 0 Å². The summed E-state index contributed by atoms with van der Waals surface area (Å²) in [4.78, 5) is 17.7. The van der Waals surface area contributed by atoms with Crippen LogP contribution < -0.4 is 5.32 Å². The van der Waals surface area contributed by atoms with Gasteiger partial charge in [0, 0.05) is 17.7 Å². The lowest BCUT2D eigenvalue weighted by molar-refractivity contribution is -0.275. The van der Waals surface area contributed by atoms with Crippen molar-refractivity contribution in [2.24, 2.45) is 5.16 Å². The van der Waals surface area contributed by atoms with E-state index in [9.17, 15) is 22.5 Å². The average Bonchev–Trinajstić information content (AvgIpc) is 3.15. The van der Waals surface area contributed by atoms with E-state index in [1.807, 2.05) is 0 Å². The number of aryl methyl sites for hydroxylation is 1. The molecule has 1 amide bonds. The van der Waals surface area contributed by atoms with Gasteiger partial charge in [-0.15, -0.1) is 0 Å². The summed E-state index contributed by atoms with van der Waals surface area (Å²) >= 11 is -1.20. The number of ether oxygens (including phenoxy) is 1. The zero-order chi connectivity index (χ0) is 24.6. The molecular weight excluding hydrogens is 457 g/mol. The van der Waals surface area contributed by atoms with Gasteiger partial charge in [-0.2, -0.15) is 13.2 Å². The highest BCUT2D eigenvalue weighted by atomic mass is 32.2. The fourth-order valence-electron chi connectivity index (χ4n) is 3.37. The smallest absolute Gasteiger partial charge is 0.435 e. The highest BCUT2D eigenvalue weighted by Gasteiger charge is 2.62. The summed E-state index contributed by atoms with van der Waals surface area (Å²) in [5.74, 6) is 0. The molecule has 2 unspecified atom stereocenters. The van der Waals surface area contributed by atoms with Crippen molar-refractivity contribution in [2.75, 3.05) is 11.6 Å². The number of hydrogen-bond acceptors (Lipinski definition) is 5. The highest BCUT2D eigenvalue weighted by molar-refractivity contribution is 7.90. The van der Waals surface area contributed by atoms with Crippen LogP contribution in [0.2, 0.25) is 0 Å². The molecule has 1 N–H and O–H groups in total. The minimum Gasteiger partial charge on any atom is -0.612 e. The number of rotatable bonds is 4. The molecule has 10 heteroatoms. The monoisotopic (exact) mass is 482 g/mol. The first-order chi connectivity index (χ1) is 15.2. The summed E-state index contributed by atoms with van der Waals surface area (Å²) < 4.78 is 59.5. The second-order valence-corrected chi connectivity index (χ2v) is 10.1. The predicted molar refractivity (Wildman–Crippen MR) is 120 cm³/mol. The molecule has 2 aromatic carbocycles. The molecule has 1 aliphatic rings. The Balaban J connectivity index is 1.87. The molecule has 33 heavy (non-hydrogen) atoms. The van der Waals surface area contributed by atoms with Gasteiger partial charge < -0.3 is 14.1 Å². The number of nitrogens with zero attached hydrogens (tertiary/aromatic N) is 1. The van der Waals surface area contributed by atoms with Crippen LogP contribution in [0.4, 0.5) is 23.7 Å². The Labute approximate surface area is 193 Å². The van der Waals surface area contributed by atoms with E-state index in [4.69, 9.17) is 9.57 Å². The van der Waals surface area contributed by atoms with Crippen LogP contribution in [0.5, 0.6) is 0 Å². The summed E-state index contributed by atoms with van der Waals surface area (Å²) in [6, 6.07) is 10.3. The summed E-state index contributed by atoms with van der Waals surface area (Å²) in [5, 5.41) is 6.30. The van der Waals surface area contributed by atoms with E-state index in [-0.39, 0.29) is 11.3 Å². The number of anilines is 1. The molecule has 1 heterocycles. The van der Waals surface area contributed by atoms with E-state index in [0.29, 0.717) is 21.7 Å². The number of carbonyl (C=O) groups excluding carboxylic acids is 1. The number of benzene rings is 2. The molecule has 6 nitrogen and oxygen atoms in total. The lowest BCUT2D eigenvalue weighted by atomic mass is 9.85. The molecule has 0 saturated carbocycles. The maximum atomic E-state index is 14.3. The Hall–Kier alpha value is -2.72. The van der Waals surface area contributed by atoms with Gasteiger partial charge in [-0.1, -0.05) is 11.2 Å².